The molecule has 0 spiro atoms. The smallest absolute Gasteiger partial charge is 0.0896 e. The zero-order chi connectivity index (χ0) is 14.4. The van der Waals surface area contributed by atoms with Crippen molar-refractivity contribution < 1.29 is 9.84 Å². The highest BCUT2D eigenvalue weighted by Gasteiger charge is 2.53. The summed E-state index contributed by atoms with van der Waals surface area (Å²) in [6.45, 7) is 16.7. The third-order valence-corrected chi connectivity index (χ3v) is 3.77. The predicted molar refractivity (Wildman–Crippen MR) is 75.7 cm³/mol. The number of rotatable bonds is 3. The van der Waals surface area contributed by atoms with Crippen LogP contribution in [0.1, 0.15) is 48.5 Å². The van der Waals surface area contributed by atoms with E-state index in [9.17, 15) is 5.11 Å². The van der Waals surface area contributed by atoms with Gasteiger partial charge in [0.2, 0.25) is 0 Å². The molecule has 1 aliphatic rings. The van der Waals surface area contributed by atoms with Crippen molar-refractivity contribution >= 4 is 0 Å². The topological polar surface area (TPSA) is 32.7 Å². The molecule has 0 aliphatic carbocycles. The molecule has 0 bridgehead atoms. The summed E-state index contributed by atoms with van der Waals surface area (Å²) >= 11 is 0. The number of hydrogen-bond donors (Lipinski definition) is 1. The van der Waals surface area contributed by atoms with Crippen LogP contribution in [0.3, 0.4) is 0 Å². The Morgan fingerprint density at radius 1 is 1.11 bits per heavy atom. The third kappa shape index (κ3) is 3.69. The SMILES string of the molecule is CN(CC1C(O)C(C)(C)OC1(C)C)CC(C)(C)C. The second kappa shape index (κ2) is 4.77. The van der Waals surface area contributed by atoms with Crippen LogP contribution < -0.4 is 0 Å². The van der Waals surface area contributed by atoms with Crippen LogP contribution in [-0.2, 0) is 4.74 Å². The molecule has 1 heterocycles. The van der Waals surface area contributed by atoms with Gasteiger partial charge in [0, 0.05) is 19.0 Å². The van der Waals surface area contributed by atoms with Gasteiger partial charge in [-0.15, -0.1) is 0 Å². The first-order valence-electron chi connectivity index (χ1n) is 6.92. The molecule has 0 saturated carbocycles. The molecule has 0 aromatic rings. The average Bonchev–Trinajstić information content (AvgIpc) is 2.20. The maximum absolute atomic E-state index is 10.4. The quantitative estimate of drug-likeness (QED) is 0.843. The fraction of sp³-hybridized carbons (Fsp3) is 1.00. The number of aliphatic hydroxyl groups excluding tert-OH is 1. The molecule has 18 heavy (non-hydrogen) atoms. The summed E-state index contributed by atoms with van der Waals surface area (Å²) in [7, 11) is 2.12. The largest absolute Gasteiger partial charge is 0.390 e. The van der Waals surface area contributed by atoms with Gasteiger partial charge < -0.3 is 14.7 Å². The van der Waals surface area contributed by atoms with Crippen molar-refractivity contribution in [1.82, 2.24) is 4.90 Å². The highest BCUT2D eigenvalue weighted by atomic mass is 16.5. The molecule has 1 rings (SSSR count). The zero-order valence-corrected chi connectivity index (χ0v) is 13.4. The molecule has 3 nitrogen and oxygen atoms in total. The maximum Gasteiger partial charge on any atom is 0.0896 e. The predicted octanol–water partition coefficient (Wildman–Crippen LogP) is 2.53. The van der Waals surface area contributed by atoms with E-state index in [4.69, 9.17) is 4.74 Å². The number of hydrogen-bond acceptors (Lipinski definition) is 3. The number of ether oxygens (including phenoxy) is 1. The van der Waals surface area contributed by atoms with E-state index >= 15 is 0 Å². The van der Waals surface area contributed by atoms with Gasteiger partial charge in [0.1, 0.15) is 0 Å². The summed E-state index contributed by atoms with van der Waals surface area (Å²) in [5.41, 5.74) is -0.440. The van der Waals surface area contributed by atoms with Crippen LogP contribution in [0.5, 0.6) is 0 Å². The second-order valence-electron chi connectivity index (χ2n) is 8.12. The van der Waals surface area contributed by atoms with E-state index in [-0.39, 0.29) is 16.9 Å². The molecule has 3 heteroatoms. The molecule has 108 valence electrons. The monoisotopic (exact) mass is 257 g/mol. The standard InChI is InChI=1S/C15H31NO2/c1-13(2,3)10-16(8)9-11-12(17)15(6,7)18-14(11,4)5/h11-12,17H,9-10H2,1-8H3. The maximum atomic E-state index is 10.4. The van der Waals surface area contributed by atoms with E-state index in [1.807, 2.05) is 13.8 Å². The van der Waals surface area contributed by atoms with Crippen LogP contribution in [0.15, 0.2) is 0 Å². The fourth-order valence-corrected chi connectivity index (χ4v) is 3.21. The van der Waals surface area contributed by atoms with Gasteiger partial charge in [-0.25, -0.2) is 0 Å². The van der Waals surface area contributed by atoms with Gasteiger partial charge in [0.15, 0.2) is 0 Å². The Bertz CT molecular complexity index is 291. The molecule has 0 radical (unpaired) electrons. The average molecular weight is 257 g/mol. The van der Waals surface area contributed by atoms with Crippen LogP contribution in [-0.4, -0.2) is 47.4 Å². The summed E-state index contributed by atoms with van der Waals surface area (Å²) in [6, 6.07) is 0. The molecule has 1 saturated heterocycles. The Morgan fingerprint density at radius 3 is 1.94 bits per heavy atom. The first-order valence-corrected chi connectivity index (χ1v) is 6.92. The number of nitrogens with zero attached hydrogens (tertiary/aromatic N) is 1. The van der Waals surface area contributed by atoms with E-state index in [0.717, 1.165) is 13.1 Å². The van der Waals surface area contributed by atoms with E-state index in [1.165, 1.54) is 0 Å². The van der Waals surface area contributed by atoms with Gasteiger partial charge in [-0.05, 0) is 40.2 Å². The first-order chi connectivity index (χ1) is 7.85. The van der Waals surface area contributed by atoms with E-state index in [0.29, 0.717) is 0 Å². The summed E-state index contributed by atoms with van der Waals surface area (Å²) in [5, 5.41) is 10.4. The minimum atomic E-state index is -0.448. The van der Waals surface area contributed by atoms with E-state index < -0.39 is 11.7 Å². The van der Waals surface area contributed by atoms with Gasteiger partial charge >= 0.3 is 0 Å². The first kappa shape index (κ1) is 15.9. The molecular formula is C15H31NO2. The van der Waals surface area contributed by atoms with Gasteiger partial charge in [-0.3, -0.25) is 0 Å². The minimum Gasteiger partial charge on any atom is -0.390 e. The zero-order valence-electron chi connectivity index (χ0n) is 13.4. The van der Waals surface area contributed by atoms with E-state index in [2.05, 4.69) is 46.6 Å². The molecule has 1 N–H and O–H groups in total. The summed E-state index contributed by atoms with van der Waals surface area (Å²) in [6.07, 6.45) is -0.407. The normalized spacial score (nSPS) is 31.0. The Hall–Kier alpha value is -0.120. The highest BCUT2D eigenvalue weighted by Crippen LogP contribution is 2.42. The van der Waals surface area contributed by atoms with Gasteiger partial charge in [0.25, 0.3) is 0 Å². The van der Waals surface area contributed by atoms with Crippen molar-refractivity contribution in [2.75, 3.05) is 20.1 Å². The molecule has 1 fully saturated rings. The van der Waals surface area contributed by atoms with Crippen molar-refractivity contribution in [1.29, 1.82) is 0 Å². The van der Waals surface area contributed by atoms with Gasteiger partial charge in [-0.1, -0.05) is 20.8 Å². The van der Waals surface area contributed by atoms with Crippen LogP contribution in [0.25, 0.3) is 0 Å². The molecule has 1 aliphatic heterocycles. The Balaban J connectivity index is 2.72. The van der Waals surface area contributed by atoms with Crippen molar-refractivity contribution in [3.8, 4) is 0 Å². The van der Waals surface area contributed by atoms with Crippen LogP contribution >= 0.6 is 0 Å². The van der Waals surface area contributed by atoms with Crippen molar-refractivity contribution in [3.63, 3.8) is 0 Å². The van der Waals surface area contributed by atoms with Crippen LogP contribution in [0.4, 0.5) is 0 Å². The summed E-state index contributed by atoms with van der Waals surface area (Å²) in [5.74, 6) is 0.153. The molecule has 2 atom stereocenters. The summed E-state index contributed by atoms with van der Waals surface area (Å²) in [4.78, 5) is 2.31. The lowest BCUT2D eigenvalue weighted by atomic mass is 9.84. The van der Waals surface area contributed by atoms with Gasteiger partial charge in [0.05, 0.1) is 17.3 Å². The minimum absolute atomic E-state index is 0.153. The molecule has 2 unspecified atom stereocenters. The van der Waals surface area contributed by atoms with Crippen LogP contribution in [0.2, 0.25) is 0 Å². The molecular weight excluding hydrogens is 226 g/mol. The Labute approximate surface area is 113 Å². The second-order valence-corrected chi connectivity index (χ2v) is 8.12. The van der Waals surface area contributed by atoms with Crippen molar-refractivity contribution in [2.24, 2.45) is 11.3 Å². The highest BCUT2D eigenvalue weighted by molar-refractivity contribution is 5.02. The summed E-state index contributed by atoms with van der Waals surface area (Å²) < 4.78 is 6.02. The van der Waals surface area contributed by atoms with E-state index in [1.54, 1.807) is 0 Å². The lowest BCUT2D eigenvalue weighted by molar-refractivity contribution is -0.0913. The van der Waals surface area contributed by atoms with Crippen LogP contribution in [0, 0.1) is 11.3 Å². The third-order valence-electron chi connectivity index (χ3n) is 3.77. The molecule has 0 amide bonds. The lowest BCUT2D eigenvalue weighted by Crippen LogP contribution is -2.44. The Kier molecular flexibility index (Phi) is 4.22. The Morgan fingerprint density at radius 2 is 1.61 bits per heavy atom. The fourth-order valence-electron chi connectivity index (χ4n) is 3.21. The molecule has 0 aromatic carbocycles. The van der Waals surface area contributed by atoms with Gasteiger partial charge in [-0.2, -0.15) is 0 Å². The number of aliphatic hydroxyl groups is 1. The van der Waals surface area contributed by atoms with Crippen molar-refractivity contribution in [2.45, 2.75) is 65.8 Å². The lowest BCUT2D eigenvalue weighted by Gasteiger charge is -2.33. The van der Waals surface area contributed by atoms with Crippen molar-refractivity contribution in [3.05, 3.63) is 0 Å². The molecule has 0 aromatic heterocycles.